The Morgan fingerprint density at radius 3 is 2.48 bits per heavy atom. The van der Waals surface area contributed by atoms with E-state index in [4.69, 9.17) is 28.9 Å². The van der Waals surface area contributed by atoms with Crippen molar-refractivity contribution in [3.8, 4) is 0 Å². The fourth-order valence-corrected chi connectivity index (χ4v) is 2.31. The first-order chi connectivity index (χ1) is 10.0. The molecule has 2 aromatic rings. The Morgan fingerprint density at radius 2 is 1.86 bits per heavy atom. The predicted molar refractivity (Wildman–Crippen MR) is 88.6 cm³/mol. The number of benzene rings is 2. The molecule has 0 atom stereocenters. The van der Waals surface area contributed by atoms with Crippen molar-refractivity contribution in [2.24, 2.45) is 0 Å². The van der Waals surface area contributed by atoms with E-state index in [0.29, 0.717) is 39.2 Å². The number of nitrogens with two attached hydrogens (primary N) is 1. The Bertz CT molecular complexity index is 654. The molecule has 6 heteroatoms. The van der Waals surface area contributed by atoms with Gasteiger partial charge in [0, 0.05) is 12.1 Å². The molecule has 0 aliphatic rings. The summed E-state index contributed by atoms with van der Waals surface area (Å²) in [6, 6.07) is 10.2. The van der Waals surface area contributed by atoms with E-state index in [1.165, 1.54) is 0 Å². The van der Waals surface area contributed by atoms with Crippen molar-refractivity contribution in [3.05, 3.63) is 52.0 Å². The Morgan fingerprint density at radius 1 is 1.19 bits per heavy atom. The molecule has 4 N–H and O–H groups in total. The van der Waals surface area contributed by atoms with Gasteiger partial charge in [0.2, 0.25) is 0 Å². The van der Waals surface area contributed by atoms with Gasteiger partial charge in [-0.3, -0.25) is 4.79 Å². The van der Waals surface area contributed by atoms with E-state index < -0.39 is 0 Å². The number of rotatable bonds is 4. The molecule has 110 valence electrons. The molecule has 2 rings (SSSR count). The lowest BCUT2D eigenvalue weighted by Crippen LogP contribution is -2.22. The first-order valence-electron chi connectivity index (χ1n) is 6.41. The normalized spacial score (nSPS) is 10.2. The van der Waals surface area contributed by atoms with Gasteiger partial charge in [0.1, 0.15) is 0 Å². The van der Waals surface area contributed by atoms with Crippen molar-refractivity contribution >= 4 is 46.2 Å². The Labute approximate surface area is 133 Å². The molecule has 0 aliphatic carbocycles. The highest BCUT2D eigenvalue weighted by molar-refractivity contribution is 6.39. The van der Waals surface area contributed by atoms with Crippen molar-refractivity contribution in [2.75, 3.05) is 17.6 Å². The van der Waals surface area contributed by atoms with Crippen LogP contribution in [0.5, 0.6) is 0 Å². The van der Waals surface area contributed by atoms with Gasteiger partial charge in [-0.15, -0.1) is 0 Å². The second kappa shape index (κ2) is 6.70. The minimum Gasteiger partial charge on any atom is -0.397 e. The Balaban J connectivity index is 2.35. The van der Waals surface area contributed by atoms with Crippen molar-refractivity contribution in [1.29, 1.82) is 0 Å². The van der Waals surface area contributed by atoms with Crippen LogP contribution < -0.4 is 16.4 Å². The molecular formula is C15H15Cl2N3O. The minimum absolute atomic E-state index is 0.161. The van der Waals surface area contributed by atoms with Gasteiger partial charge in [-0.25, -0.2) is 0 Å². The number of nitrogens with one attached hydrogen (secondary N) is 2. The second-order valence-electron chi connectivity index (χ2n) is 4.38. The molecule has 21 heavy (non-hydrogen) atoms. The van der Waals surface area contributed by atoms with Crippen LogP contribution in [0.1, 0.15) is 17.3 Å². The van der Waals surface area contributed by atoms with Crippen LogP contribution in [0, 0.1) is 0 Å². The smallest absolute Gasteiger partial charge is 0.251 e. The molecule has 0 fully saturated rings. The van der Waals surface area contributed by atoms with E-state index in [-0.39, 0.29) is 5.91 Å². The number of anilines is 3. The summed E-state index contributed by atoms with van der Waals surface area (Å²) in [7, 11) is 0. The average Bonchev–Trinajstić information content (AvgIpc) is 2.45. The Kier molecular flexibility index (Phi) is 4.94. The van der Waals surface area contributed by atoms with E-state index in [1.54, 1.807) is 36.4 Å². The molecule has 4 nitrogen and oxygen atoms in total. The molecule has 0 radical (unpaired) electrons. The lowest BCUT2D eigenvalue weighted by molar-refractivity contribution is 0.0956. The maximum absolute atomic E-state index is 11.9. The number of hydrogen-bond acceptors (Lipinski definition) is 3. The van der Waals surface area contributed by atoms with Gasteiger partial charge in [0.15, 0.2) is 0 Å². The summed E-state index contributed by atoms with van der Waals surface area (Å²) in [5.41, 5.74) is 8.07. The highest BCUT2D eigenvalue weighted by Gasteiger charge is 2.11. The zero-order valence-electron chi connectivity index (χ0n) is 11.4. The molecule has 0 saturated carbocycles. The standard InChI is InChI=1S/C15H15Cl2N3O/c1-2-19-15(21)9-6-7-12(18)13(8-9)20-14-10(16)4-3-5-11(14)17/h3-8,20H,2,18H2,1H3,(H,19,21). The SMILES string of the molecule is CCNC(=O)c1ccc(N)c(Nc2c(Cl)cccc2Cl)c1. The van der Waals surface area contributed by atoms with Crippen molar-refractivity contribution in [3.63, 3.8) is 0 Å². The topological polar surface area (TPSA) is 67.2 Å². The van der Waals surface area contributed by atoms with Gasteiger partial charge in [-0.1, -0.05) is 29.3 Å². The number of carbonyl (C=O) groups excluding carboxylic acids is 1. The highest BCUT2D eigenvalue weighted by atomic mass is 35.5. The summed E-state index contributed by atoms with van der Waals surface area (Å²) in [4.78, 5) is 11.9. The fourth-order valence-electron chi connectivity index (χ4n) is 1.82. The number of hydrogen-bond donors (Lipinski definition) is 3. The largest absolute Gasteiger partial charge is 0.397 e. The zero-order valence-corrected chi connectivity index (χ0v) is 12.9. The minimum atomic E-state index is -0.161. The average molecular weight is 324 g/mol. The number of para-hydroxylation sites is 1. The first kappa shape index (κ1) is 15.5. The summed E-state index contributed by atoms with van der Waals surface area (Å²) in [5, 5.41) is 6.77. The molecule has 0 aromatic heterocycles. The molecule has 0 aliphatic heterocycles. The van der Waals surface area contributed by atoms with Gasteiger partial charge in [0.05, 0.1) is 27.1 Å². The van der Waals surface area contributed by atoms with E-state index >= 15 is 0 Å². The molecule has 0 bridgehead atoms. The summed E-state index contributed by atoms with van der Waals surface area (Å²) in [5.74, 6) is -0.161. The third-order valence-corrected chi connectivity index (χ3v) is 3.51. The van der Waals surface area contributed by atoms with Crippen LogP contribution in [0.15, 0.2) is 36.4 Å². The number of carbonyl (C=O) groups is 1. The van der Waals surface area contributed by atoms with Gasteiger partial charge < -0.3 is 16.4 Å². The summed E-state index contributed by atoms with van der Waals surface area (Å²) in [6.45, 7) is 2.42. The molecule has 0 unspecified atom stereocenters. The van der Waals surface area contributed by atoms with Crippen molar-refractivity contribution < 1.29 is 4.79 Å². The highest BCUT2D eigenvalue weighted by Crippen LogP contribution is 2.34. The number of amides is 1. The monoisotopic (exact) mass is 323 g/mol. The first-order valence-corrected chi connectivity index (χ1v) is 7.17. The van der Waals surface area contributed by atoms with Crippen LogP contribution in [0.2, 0.25) is 10.0 Å². The lowest BCUT2D eigenvalue weighted by Gasteiger charge is -2.13. The molecule has 0 saturated heterocycles. The summed E-state index contributed by atoms with van der Waals surface area (Å²) in [6.07, 6.45) is 0. The summed E-state index contributed by atoms with van der Waals surface area (Å²) < 4.78 is 0. The van der Waals surface area contributed by atoms with E-state index in [9.17, 15) is 4.79 Å². The van der Waals surface area contributed by atoms with Gasteiger partial charge in [0.25, 0.3) is 5.91 Å². The number of halogens is 2. The Hall–Kier alpha value is -1.91. The van der Waals surface area contributed by atoms with Gasteiger partial charge in [-0.05, 0) is 37.3 Å². The predicted octanol–water partition coefficient (Wildman–Crippen LogP) is 4.07. The van der Waals surface area contributed by atoms with Crippen molar-refractivity contribution in [1.82, 2.24) is 5.32 Å². The van der Waals surface area contributed by atoms with Crippen LogP contribution in [-0.4, -0.2) is 12.5 Å². The second-order valence-corrected chi connectivity index (χ2v) is 5.20. The quantitative estimate of drug-likeness (QED) is 0.743. The molecule has 1 amide bonds. The van der Waals surface area contributed by atoms with E-state index in [0.717, 1.165) is 0 Å². The van der Waals surface area contributed by atoms with E-state index in [2.05, 4.69) is 10.6 Å². The van der Waals surface area contributed by atoms with Crippen LogP contribution in [0.4, 0.5) is 17.1 Å². The molecule has 0 heterocycles. The van der Waals surface area contributed by atoms with Crippen LogP contribution in [0.25, 0.3) is 0 Å². The van der Waals surface area contributed by atoms with Gasteiger partial charge >= 0.3 is 0 Å². The summed E-state index contributed by atoms with van der Waals surface area (Å²) >= 11 is 12.2. The van der Waals surface area contributed by atoms with Crippen molar-refractivity contribution in [2.45, 2.75) is 6.92 Å². The van der Waals surface area contributed by atoms with Crippen LogP contribution in [-0.2, 0) is 0 Å². The van der Waals surface area contributed by atoms with Gasteiger partial charge in [-0.2, -0.15) is 0 Å². The number of nitrogen functional groups attached to an aromatic ring is 1. The third kappa shape index (κ3) is 3.60. The van der Waals surface area contributed by atoms with Crippen LogP contribution >= 0.6 is 23.2 Å². The fraction of sp³-hybridized carbons (Fsp3) is 0.133. The van der Waals surface area contributed by atoms with Crippen LogP contribution in [0.3, 0.4) is 0 Å². The molecule has 0 spiro atoms. The maximum atomic E-state index is 11.9. The van der Waals surface area contributed by atoms with E-state index in [1.807, 2.05) is 6.92 Å². The molecule has 2 aromatic carbocycles. The lowest BCUT2D eigenvalue weighted by atomic mass is 10.1. The zero-order chi connectivity index (χ0) is 15.4. The third-order valence-electron chi connectivity index (χ3n) is 2.88. The maximum Gasteiger partial charge on any atom is 0.251 e. The molecular weight excluding hydrogens is 309 g/mol.